The zero-order chi connectivity index (χ0) is 23.5. The normalized spacial score (nSPS) is 11.7. The molecule has 4 nitrogen and oxygen atoms in total. The minimum absolute atomic E-state index is 0.0587. The molecule has 0 saturated heterocycles. The van der Waals surface area contributed by atoms with Crippen molar-refractivity contribution < 1.29 is 35.9 Å². The fraction of sp³-hybridized carbons (Fsp3) is 0.0909. The van der Waals surface area contributed by atoms with Crippen LogP contribution in [0.25, 0.3) is 0 Å². The molecule has 166 valence electrons. The van der Waals surface area contributed by atoms with Crippen molar-refractivity contribution >= 4 is 34.3 Å². The van der Waals surface area contributed by atoms with Gasteiger partial charge in [0.15, 0.2) is 0 Å². The maximum Gasteiger partial charge on any atom is 0.454 e. The van der Waals surface area contributed by atoms with Crippen LogP contribution in [0.15, 0.2) is 72.8 Å². The van der Waals surface area contributed by atoms with Crippen molar-refractivity contribution in [2.24, 2.45) is 0 Å². The van der Waals surface area contributed by atoms with Crippen molar-refractivity contribution in [1.29, 1.82) is 0 Å². The van der Waals surface area contributed by atoms with Crippen molar-refractivity contribution in [3.8, 4) is 0 Å². The summed E-state index contributed by atoms with van der Waals surface area (Å²) in [7, 11) is 0. The number of anilines is 4. The molecule has 0 aromatic heterocycles. The summed E-state index contributed by atoms with van der Waals surface area (Å²) in [5, 5.41) is 5.43. The van der Waals surface area contributed by atoms with Gasteiger partial charge in [-0.1, -0.05) is 24.3 Å². The molecule has 10 heteroatoms. The molecule has 0 amide bonds. The van der Waals surface area contributed by atoms with Gasteiger partial charge in [-0.25, -0.2) is 0 Å². The number of carbonyl (C=O) groups excluding carboxylic acids is 2. The van der Waals surface area contributed by atoms with Gasteiger partial charge in [-0.15, -0.1) is 0 Å². The average molecular weight is 452 g/mol. The summed E-state index contributed by atoms with van der Waals surface area (Å²) in [5.41, 5.74) is -0.563. The van der Waals surface area contributed by atoms with Gasteiger partial charge in [-0.05, 0) is 48.5 Å². The molecule has 0 radical (unpaired) electrons. The van der Waals surface area contributed by atoms with Crippen LogP contribution in [0, 0.1) is 0 Å². The first-order valence-corrected chi connectivity index (χ1v) is 9.02. The molecule has 0 atom stereocenters. The number of carbonyl (C=O) groups is 2. The van der Waals surface area contributed by atoms with Gasteiger partial charge in [-0.3, -0.25) is 9.59 Å². The molecule has 0 heterocycles. The van der Waals surface area contributed by atoms with Gasteiger partial charge >= 0.3 is 12.4 Å². The van der Waals surface area contributed by atoms with Crippen LogP contribution in [0.2, 0.25) is 0 Å². The van der Waals surface area contributed by atoms with Crippen LogP contribution >= 0.6 is 0 Å². The molecule has 0 aliphatic carbocycles. The van der Waals surface area contributed by atoms with E-state index in [9.17, 15) is 35.9 Å². The first-order chi connectivity index (χ1) is 15.0. The molecule has 3 aromatic carbocycles. The van der Waals surface area contributed by atoms with Crippen LogP contribution in [0.5, 0.6) is 0 Å². The lowest BCUT2D eigenvalue weighted by molar-refractivity contribution is -0.0887. The Morgan fingerprint density at radius 2 is 0.844 bits per heavy atom. The van der Waals surface area contributed by atoms with Gasteiger partial charge in [0, 0.05) is 22.7 Å². The van der Waals surface area contributed by atoms with E-state index in [0.717, 1.165) is 12.1 Å². The number of ketones is 2. The molecule has 0 fully saturated rings. The molecule has 0 saturated carbocycles. The van der Waals surface area contributed by atoms with Crippen LogP contribution in [-0.4, -0.2) is 23.9 Å². The Hall–Kier alpha value is -3.82. The first kappa shape index (κ1) is 22.9. The van der Waals surface area contributed by atoms with Gasteiger partial charge < -0.3 is 10.6 Å². The molecular formula is C22H14F6N2O2. The zero-order valence-electron chi connectivity index (χ0n) is 16.0. The number of halogens is 6. The van der Waals surface area contributed by atoms with Crippen LogP contribution in [0.4, 0.5) is 49.1 Å². The number of para-hydroxylation sites is 2. The first-order valence-electron chi connectivity index (χ1n) is 9.02. The van der Waals surface area contributed by atoms with Crippen molar-refractivity contribution in [1.82, 2.24) is 0 Å². The van der Waals surface area contributed by atoms with E-state index in [2.05, 4.69) is 10.6 Å². The molecule has 0 spiro atoms. The third-order valence-corrected chi connectivity index (χ3v) is 4.30. The monoisotopic (exact) mass is 452 g/mol. The van der Waals surface area contributed by atoms with E-state index in [1.165, 1.54) is 60.7 Å². The Balaban J connectivity index is 1.80. The second kappa shape index (κ2) is 8.74. The molecule has 0 bridgehead atoms. The second-order valence-electron chi connectivity index (χ2n) is 6.57. The highest BCUT2D eigenvalue weighted by atomic mass is 19.4. The summed E-state index contributed by atoms with van der Waals surface area (Å²) in [5.74, 6) is -3.99. The summed E-state index contributed by atoms with van der Waals surface area (Å²) in [6, 6.07) is 16.0. The highest BCUT2D eigenvalue weighted by Crippen LogP contribution is 2.30. The maximum absolute atomic E-state index is 12.8. The predicted molar refractivity (Wildman–Crippen MR) is 107 cm³/mol. The number of rotatable bonds is 6. The number of benzene rings is 3. The molecular weight excluding hydrogens is 438 g/mol. The topological polar surface area (TPSA) is 58.2 Å². The Morgan fingerprint density at radius 1 is 0.531 bits per heavy atom. The predicted octanol–water partition coefficient (Wildman–Crippen LogP) is 6.66. The lowest BCUT2D eigenvalue weighted by Gasteiger charge is -2.15. The largest absolute Gasteiger partial charge is 0.454 e. The van der Waals surface area contributed by atoms with Gasteiger partial charge in [0.1, 0.15) is 0 Å². The number of hydrogen-bond donors (Lipinski definition) is 2. The van der Waals surface area contributed by atoms with Crippen LogP contribution < -0.4 is 10.6 Å². The maximum atomic E-state index is 12.8. The Kier molecular flexibility index (Phi) is 6.24. The minimum Gasteiger partial charge on any atom is -0.355 e. The number of Topliss-reactive ketones (excluding diaryl/α,β-unsaturated/α-hetero) is 2. The standard InChI is InChI=1S/C22H14F6N2O2/c23-21(24,25)19(31)15-5-1-3-7-17(15)29-13-9-11-14(12-10-13)30-18-8-4-2-6-16(18)20(32)22(26,27)28/h1-12,29-30H. The van der Waals surface area contributed by atoms with Crippen molar-refractivity contribution in [3.63, 3.8) is 0 Å². The minimum atomic E-state index is -5.03. The molecule has 3 rings (SSSR count). The van der Waals surface area contributed by atoms with Crippen molar-refractivity contribution in [2.45, 2.75) is 12.4 Å². The molecule has 0 unspecified atom stereocenters. The lowest BCUT2D eigenvalue weighted by atomic mass is 10.1. The number of alkyl halides is 6. The lowest BCUT2D eigenvalue weighted by Crippen LogP contribution is -2.23. The van der Waals surface area contributed by atoms with E-state index in [1.54, 1.807) is 0 Å². The molecule has 3 aromatic rings. The third kappa shape index (κ3) is 5.26. The summed E-state index contributed by atoms with van der Waals surface area (Å²) in [6.45, 7) is 0. The third-order valence-electron chi connectivity index (χ3n) is 4.30. The quantitative estimate of drug-likeness (QED) is 0.324. The summed E-state index contributed by atoms with van der Waals surface area (Å²) in [4.78, 5) is 23.2. The van der Waals surface area contributed by atoms with Gasteiger partial charge in [0.05, 0.1) is 11.1 Å². The summed E-state index contributed by atoms with van der Waals surface area (Å²) in [6.07, 6.45) is -10.1. The zero-order valence-corrected chi connectivity index (χ0v) is 16.0. The van der Waals surface area contributed by atoms with Gasteiger partial charge in [0.2, 0.25) is 0 Å². The molecule has 0 aliphatic heterocycles. The molecule has 32 heavy (non-hydrogen) atoms. The second-order valence-corrected chi connectivity index (χ2v) is 6.57. The van der Waals surface area contributed by atoms with E-state index in [1.807, 2.05) is 0 Å². The molecule has 0 aliphatic rings. The highest BCUT2D eigenvalue weighted by molar-refractivity contribution is 6.06. The van der Waals surface area contributed by atoms with Crippen LogP contribution in [0.1, 0.15) is 20.7 Å². The van der Waals surface area contributed by atoms with Crippen LogP contribution in [0.3, 0.4) is 0 Å². The van der Waals surface area contributed by atoms with Crippen LogP contribution in [-0.2, 0) is 0 Å². The SMILES string of the molecule is O=C(c1ccccc1Nc1ccc(Nc2ccccc2C(=O)C(F)(F)F)cc1)C(F)(F)F. The summed E-state index contributed by atoms with van der Waals surface area (Å²) < 4.78 is 76.8. The van der Waals surface area contributed by atoms with Crippen molar-refractivity contribution in [2.75, 3.05) is 10.6 Å². The Bertz CT molecular complexity index is 1050. The molecule has 2 N–H and O–H groups in total. The summed E-state index contributed by atoms with van der Waals surface area (Å²) >= 11 is 0. The van der Waals surface area contributed by atoms with E-state index in [0.29, 0.717) is 11.4 Å². The van der Waals surface area contributed by atoms with E-state index < -0.39 is 35.0 Å². The Labute approximate surface area is 177 Å². The smallest absolute Gasteiger partial charge is 0.355 e. The van der Waals surface area contributed by atoms with E-state index in [-0.39, 0.29) is 11.4 Å². The van der Waals surface area contributed by atoms with E-state index in [4.69, 9.17) is 0 Å². The van der Waals surface area contributed by atoms with Gasteiger partial charge in [0.25, 0.3) is 11.6 Å². The van der Waals surface area contributed by atoms with Gasteiger partial charge in [-0.2, -0.15) is 26.3 Å². The van der Waals surface area contributed by atoms with Crippen molar-refractivity contribution in [3.05, 3.63) is 83.9 Å². The fourth-order valence-corrected chi connectivity index (χ4v) is 2.83. The highest BCUT2D eigenvalue weighted by Gasteiger charge is 2.41. The fourth-order valence-electron chi connectivity index (χ4n) is 2.83. The number of hydrogen-bond acceptors (Lipinski definition) is 4. The Morgan fingerprint density at radius 3 is 1.16 bits per heavy atom. The average Bonchev–Trinajstić information content (AvgIpc) is 2.73. The number of nitrogens with one attached hydrogen (secondary N) is 2. The van der Waals surface area contributed by atoms with E-state index >= 15 is 0 Å².